The van der Waals surface area contributed by atoms with Gasteiger partial charge >= 0.3 is 5.97 Å². The standard InChI is InChI=1S/C23H19ClN4O3/c1-4-18-19(26-11-25-18)7-13(3)15-9-20-21(10-17(15)24)28-23(27-20)31-14-6-5-12(2)16(8-14)22(29)30/h4-11H,3H2,1-2H3,(H,25,26)(H,27,28)(H,29,30)/b18-4+,19-7?. The molecule has 0 fully saturated rings. The molecular weight excluding hydrogens is 416 g/mol. The van der Waals surface area contributed by atoms with E-state index in [0.29, 0.717) is 32.9 Å². The number of aryl methyl sites for hydroxylation is 1. The summed E-state index contributed by atoms with van der Waals surface area (Å²) in [5.41, 5.74) is 3.58. The van der Waals surface area contributed by atoms with Crippen LogP contribution in [0.15, 0.2) is 43.2 Å². The number of fused-ring (bicyclic) bond motifs is 1. The number of nitrogens with zero attached hydrogens (tertiary/aromatic N) is 2. The van der Waals surface area contributed by atoms with Gasteiger partial charge in [-0.1, -0.05) is 30.3 Å². The Kier molecular flexibility index (Phi) is 5.35. The maximum atomic E-state index is 11.3. The molecule has 0 saturated carbocycles. The first-order chi connectivity index (χ1) is 14.9. The molecular formula is C23H19ClN4O3. The lowest BCUT2D eigenvalue weighted by molar-refractivity contribution is 0.0695. The molecule has 4 rings (SSSR count). The normalized spacial score (nSPS) is 12.5. The third-order valence-electron chi connectivity index (χ3n) is 4.84. The summed E-state index contributed by atoms with van der Waals surface area (Å²) in [7, 11) is 0. The molecule has 8 heteroatoms. The van der Waals surface area contributed by atoms with Crippen molar-refractivity contribution in [3.8, 4) is 11.8 Å². The van der Waals surface area contributed by atoms with Crippen LogP contribution in [0.1, 0.15) is 28.4 Å². The monoisotopic (exact) mass is 434 g/mol. The fraction of sp³-hybridized carbons (Fsp3) is 0.0870. The molecule has 7 nitrogen and oxygen atoms in total. The molecule has 2 aromatic carbocycles. The van der Waals surface area contributed by atoms with Crippen molar-refractivity contribution in [2.24, 2.45) is 0 Å². The predicted molar refractivity (Wildman–Crippen MR) is 121 cm³/mol. The number of benzene rings is 2. The number of H-pyrrole nitrogens is 2. The fourth-order valence-corrected chi connectivity index (χ4v) is 3.51. The Bertz CT molecular complexity index is 1450. The lowest BCUT2D eigenvalue weighted by atomic mass is 10.1. The second kappa shape index (κ2) is 8.12. The minimum atomic E-state index is -1.01. The van der Waals surface area contributed by atoms with E-state index in [-0.39, 0.29) is 11.6 Å². The van der Waals surface area contributed by atoms with Gasteiger partial charge in [0.25, 0.3) is 6.01 Å². The molecule has 0 saturated heterocycles. The Morgan fingerprint density at radius 3 is 2.81 bits per heavy atom. The van der Waals surface area contributed by atoms with E-state index in [1.165, 1.54) is 6.07 Å². The molecule has 0 bridgehead atoms. The van der Waals surface area contributed by atoms with E-state index >= 15 is 0 Å². The first-order valence-electron chi connectivity index (χ1n) is 9.43. The topological polar surface area (TPSA) is 104 Å². The van der Waals surface area contributed by atoms with Crippen LogP contribution in [0.2, 0.25) is 5.02 Å². The van der Waals surface area contributed by atoms with Gasteiger partial charge in [-0.05, 0) is 55.3 Å². The SMILES string of the molecule is C=C(C=c1[nH]cn/c1=C/C)c1cc2nc(Oc3ccc(C)c(C(=O)O)c3)[nH]c2cc1Cl. The highest BCUT2D eigenvalue weighted by Gasteiger charge is 2.13. The van der Waals surface area contributed by atoms with Crippen molar-refractivity contribution in [2.75, 3.05) is 0 Å². The predicted octanol–water partition coefficient (Wildman–Crippen LogP) is 4.03. The largest absolute Gasteiger partial charge is 0.478 e. The van der Waals surface area contributed by atoms with Crippen LogP contribution in [0.3, 0.4) is 0 Å². The number of halogens is 1. The first kappa shape index (κ1) is 20.4. The highest BCUT2D eigenvalue weighted by Crippen LogP contribution is 2.30. The lowest BCUT2D eigenvalue weighted by Gasteiger charge is -2.05. The molecule has 0 unspecified atom stereocenters. The number of ether oxygens (including phenoxy) is 1. The van der Waals surface area contributed by atoms with Crippen molar-refractivity contribution in [2.45, 2.75) is 13.8 Å². The Balaban J connectivity index is 1.68. The molecule has 0 aliphatic heterocycles. The minimum absolute atomic E-state index is 0.174. The summed E-state index contributed by atoms with van der Waals surface area (Å²) in [5.74, 6) is -0.645. The highest BCUT2D eigenvalue weighted by molar-refractivity contribution is 6.33. The van der Waals surface area contributed by atoms with Gasteiger partial charge in [0.05, 0.1) is 38.6 Å². The van der Waals surface area contributed by atoms with E-state index < -0.39 is 5.97 Å². The Morgan fingerprint density at radius 2 is 2.06 bits per heavy atom. The van der Waals surface area contributed by atoms with Crippen LogP contribution in [-0.2, 0) is 0 Å². The zero-order valence-electron chi connectivity index (χ0n) is 16.9. The van der Waals surface area contributed by atoms with E-state index in [1.54, 1.807) is 31.5 Å². The van der Waals surface area contributed by atoms with E-state index in [0.717, 1.165) is 16.3 Å². The van der Waals surface area contributed by atoms with E-state index in [4.69, 9.17) is 16.3 Å². The molecule has 2 heterocycles. The van der Waals surface area contributed by atoms with Crippen molar-refractivity contribution in [3.05, 3.63) is 75.6 Å². The molecule has 0 aliphatic carbocycles. The lowest BCUT2D eigenvalue weighted by Crippen LogP contribution is -2.23. The Hall–Kier alpha value is -3.84. The molecule has 0 amide bonds. The summed E-state index contributed by atoms with van der Waals surface area (Å²) in [5, 5.41) is 11.5. The number of nitrogens with one attached hydrogen (secondary N) is 2. The van der Waals surface area contributed by atoms with Crippen molar-refractivity contribution in [1.82, 2.24) is 19.9 Å². The zero-order chi connectivity index (χ0) is 22.1. The summed E-state index contributed by atoms with van der Waals surface area (Å²) >= 11 is 6.49. The van der Waals surface area contributed by atoms with Gasteiger partial charge in [0.15, 0.2) is 0 Å². The van der Waals surface area contributed by atoms with E-state index in [1.807, 2.05) is 25.1 Å². The van der Waals surface area contributed by atoms with Gasteiger partial charge in [0.2, 0.25) is 0 Å². The van der Waals surface area contributed by atoms with Crippen LogP contribution in [-0.4, -0.2) is 31.0 Å². The number of aromatic nitrogens is 4. The summed E-state index contributed by atoms with van der Waals surface area (Å²) < 4.78 is 5.74. The first-order valence-corrected chi connectivity index (χ1v) is 9.81. The second-order valence-electron chi connectivity index (χ2n) is 6.93. The van der Waals surface area contributed by atoms with Gasteiger partial charge < -0.3 is 19.8 Å². The molecule has 31 heavy (non-hydrogen) atoms. The van der Waals surface area contributed by atoms with Gasteiger partial charge in [0.1, 0.15) is 5.75 Å². The zero-order valence-corrected chi connectivity index (χ0v) is 17.6. The molecule has 0 aliphatic rings. The maximum absolute atomic E-state index is 11.3. The Labute approximate surface area is 182 Å². The van der Waals surface area contributed by atoms with Crippen molar-refractivity contribution < 1.29 is 14.6 Å². The number of allylic oxidation sites excluding steroid dienone is 1. The summed E-state index contributed by atoms with van der Waals surface area (Å²) in [6.45, 7) is 7.76. The third-order valence-corrected chi connectivity index (χ3v) is 5.15. The molecule has 4 aromatic rings. The van der Waals surface area contributed by atoms with Crippen molar-refractivity contribution in [1.29, 1.82) is 0 Å². The van der Waals surface area contributed by atoms with Gasteiger partial charge in [-0.2, -0.15) is 4.98 Å². The van der Waals surface area contributed by atoms with E-state index in [9.17, 15) is 9.90 Å². The molecule has 156 valence electrons. The molecule has 0 spiro atoms. The second-order valence-corrected chi connectivity index (χ2v) is 7.34. The van der Waals surface area contributed by atoms with Crippen molar-refractivity contribution in [3.63, 3.8) is 0 Å². The average Bonchev–Trinajstić information content (AvgIpc) is 3.33. The number of aromatic amines is 2. The molecule has 2 aromatic heterocycles. The number of rotatable bonds is 5. The number of carboxylic acids is 1. The molecule has 0 atom stereocenters. The summed E-state index contributed by atoms with van der Waals surface area (Å²) in [6.07, 6.45) is 5.40. The summed E-state index contributed by atoms with van der Waals surface area (Å²) in [6, 6.07) is 8.65. The van der Waals surface area contributed by atoms with Crippen molar-refractivity contribution >= 4 is 46.3 Å². The van der Waals surface area contributed by atoms with Crippen LogP contribution in [0.25, 0.3) is 28.8 Å². The summed E-state index contributed by atoms with van der Waals surface area (Å²) in [4.78, 5) is 26.2. The highest BCUT2D eigenvalue weighted by atomic mass is 35.5. The third kappa shape index (κ3) is 4.08. The van der Waals surface area contributed by atoms with Crippen LogP contribution in [0.4, 0.5) is 0 Å². The molecule has 3 N–H and O–H groups in total. The van der Waals surface area contributed by atoms with Crippen LogP contribution in [0, 0.1) is 6.92 Å². The van der Waals surface area contributed by atoms with E-state index in [2.05, 4.69) is 26.5 Å². The van der Waals surface area contributed by atoms with Gasteiger partial charge in [0, 0.05) is 5.56 Å². The van der Waals surface area contributed by atoms with Crippen LogP contribution >= 0.6 is 11.6 Å². The number of hydrogen-bond donors (Lipinski definition) is 3. The molecule has 0 radical (unpaired) electrons. The maximum Gasteiger partial charge on any atom is 0.336 e. The number of carboxylic acid groups (broad SMARTS) is 1. The van der Waals surface area contributed by atoms with Gasteiger partial charge in [-0.3, -0.25) is 0 Å². The number of hydrogen-bond acceptors (Lipinski definition) is 4. The number of aromatic carboxylic acids is 1. The van der Waals surface area contributed by atoms with Gasteiger partial charge in [-0.25, -0.2) is 9.78 Å². The number of imidazole rings is 2. The van der Waals surface area contributed by atoms with Gasteiger partial charge in [-0.15, -0.1) is 0 Å². The van der Waals surface area contributed by atoms with Crippen LogP contribution < -0.4 is 15.4 Å². The number of carbonyl (C=O) groups is 1. The fourth-order valence-electron chi connectivity index (χ4n) is 3.22. The van der Waals surface area contributed by atoms with Crippen LogP contribution in [0.5, 0.6) is 11.8 Å². The minimum Gasteiger partial charge on any atom is -0.478 e. The smallest absolute Gasteiger partial charge is 0.336 e. The Morgan fingerprint density at radius 1 is 1.26 bits per heavy atom. The quantitative estimate of drug-likeness (QED) is 0.440. The average molecular weight is 435 g/mol.